The maximum atomic E-state index is 11.9. The molecule has 3 aliphatic heterocycles. The molecule has 0 unspecified atom stereocenters. The minimum Gasteiger partial charge on any atom is -0.448 e. The summed E-state index contributed by atoms with van der Waals surface area (Å²) in [6, 6.07) is 0.467. The van der Waals surface area contributed by atoms with Crippen LogP contribution in [0.15, 0.2) is 0 Å². The number of fused-ring (bicyclic) bond motifs is 1. The predicted molar refractivity (Wildman–Crippen MR) is 74.1 cm³/mol. The van der Waals surface area contributed by atoms with Gasteiger partial charge in [-0.15, -0.1) is 0 Å². The highest BCUT2D eigenvalue weighted by Gasteiger charge is 2.47. The highest BCUT2D eigenvalue weighted by molar-refractivity contribution is 5.67. The zero-order valence-electron chi connectivity index (χ0n) is 12.1. The summed E-state index contributed by atoms with van der Waals surface area (Å²) in [4.78, 5) is 16.4. The second-order valence-electron chi connectivity index (χ2n) is 6.34. The van der Waals surface area contributed by atoms with Crippen molar-refractivity contribution in [1.29, 1.82) is 0 Å². The zero-order valence-corrected chi connectivity index (χ0v) is 12.1. The molecule has 0 radical (unpaired) electrons. The summed E-state index contributed by atoms with van der Waals surface area (Å²) in [7, 11) is 0. The first-order valence-corrected chi connectivity index (χ1v) is 7.94. The van der Waals surface area contributed by atoms with E-state index < -0.39 is 0 Å². The number of hydrogen-bond acceptors (Lipinski definition) is 3. The molecule has 0 bridgehead atoms. The van der Waals surface area contributed by atoms with Gasteiger partial charge in [0.15, 0.2) is 0 Å². The summed E-state index contributed by atoms with van der Waals surface area (Å²) in [5, 5.41) is 0. The quantitative estimate of drug-likeness (QED) is 0.787. The lowest BCUT2D eigenvalue weighted by atomic mass is 9.91. The molecule has 0 aromatic carbocycles. The maximum absolute atomic E-state index is 11.9. The molecule has 1 amide bonds. The van der Waals surface area contributed by atoms with Crippen molar-refractivity contribution in [2.24, 2.45) is 0 Å². The Kier molecular flexibility index (Phi) is 3.70. The molecule has 4 nitrogen and oxygen atoms in total. The topological polar surface area (TPSA) is 32.8 Å². The van der Waals surface area contributed by atoms with Crippen LogP contribution in [0.5, 0.6) is 0 Å². The van der Waals surface area contributed by atoms with Gasteiger partial charge in [0.25, 0.3) is 0 Å². The van der Waals surface area contributed by atoms with E-state index in [0.717, 1.165) is 25.9 Å². The Morgan fingerprint density at radius 1 is 1.21 bits per heavy atom. The van der Waals surface area contributed by atoms with Crippen LogP contribution in [0.2, 0.25) is 0 Å². The van der Waals surface area contributed by atoms with Crippen LogP contribution in [0.3, 0.4) is 0 Å². The number of ether oxygens (including phenoxy) is 1. The number of hydrogen-bond donors (Lipinski definition) is 0. The van der Waals surface area contributed by atoms with Crippen LogP contribution in [-0.2, 0) is 4.74 Å². The lowest BCUT2D eigenvalue weighted by molar-refractivity contribution is 0.0640. The Morgan fingerprint density at radius 2 is 2.00 bits per heavy atom. The smallest absolute Gasteiger partial charge is 0.409 e. The Labute approximate surface area is 116 Å². The third kappa shape index (κ3) is 2.35. The number of nitrogens with zero attached hydrogens (tertiary/aromatic N) is 2. The van der Waals surface area contributed by atoms with E-state index >= 15 is 0 Å². The number of carbonyl (C=O) groups excluding carboxylic acids is 1. The third-order valence-corrected chi connectivity index (χ3v) is 5.46. The fourth-order valence-corrected chi connectivity index (χ4v) is 4.28. The van der Waals surface area contributed by atoms with Crippen LogP contribution in [-0.4, -0.2) is 53.7 Å². The molecular weight excluding hydrogens is 240 g/mol. The molecule has 0 N–H and O–H groups in total. The molecule has 3 heterocycles. The van der Waals surface area contributed by atoms with Crippen molar-refractivity contribution in [3.8, 4) is 0 Å². The van der Waals surface area contributed by atoms with Gasteiger partial charge in [-0.3, -0.25) is 4.90 Å². The van der Waals surface area contributed by atoms with E-state index in [2.05, 4.69) is 11.8 Å². The van der Waals surface area contributed by atoms with Gasteiger partial charge in [0.05, 0.1) is 0 Å². The first-order valence-electron chi connectivity index (χ1n) is 7.94. The second-order valence-corrected chi connectivity index (χ2v) is 6.34. The van der Waals surface area contributed by atoms with Crippen molar-refractivity contribution in [2.45, 2.75) is 63.5 Å². The van der Waals surface area contributed by atoms with Crippen molar-refractivity contribution in [3.63, 3.8) is 0 Å². The molecule has 4 heteroatoms. The Balaban J connectivity index is 1.52. The van der Waals surface area contributed by atoms with Gasteiger partial charge in [0.2, 0.25) is 0 Å². The Hall–Kier alpha value is -0.770. The first kappa shape index (κ1) is 13.2. The highest BCUT2D eigenvalue weighted by Crippen LogP contribution is 2.44. The van der Waals surface area contributed by atoms with Crippen LogP contribution < -0.4 is 0 Å². The summed E-state index contributed by atoms with van der Waals surface area (Å²) in [5.74, 6) is 0. The van der Waals surface area contributed by atoms with Gasteiger partial charge >= 0.3 is 6.09 Å². The van der Waals surface area contributed by atoms with Gasteiger partial charge in [-0.25, -0.2) is 4.79 Å². The van der Waals surface area contributed by atoms with Crippen molar-refractivity contribution < 1.29 is 9.53 Å². The molecule has 3 saturated heterocycles. The SMILES string of the molecule is CC[C@]12CCCN1[C@@H](COC(=O)N1CCCC1)CC2. The standard InChI is InChI=1S/C15H26N2O2/c1-2-15-7-5-11-17(15)13(6-8-15)12-19-14(18)16-9-3-4-10-16/h13H,2-12H2,1H3/t13-,15-/m1/s1. The van der Waals surface area contributed by atoms with E-state index in [9.17, 15) is 4.79 Å². The Bertz CT molecular complexity index is 341. The van der Waals surface area contributed by atoms with E-state index in [4.69, 9.17) is 4.74 Å². The average Bonchev–Trinajstić information content (AvgIpc) is 3.12. The molecule has 0 aromatic rings. The molecule has 19 heavy (non-hydrogen) atoms. The van der Waals surface area contributed by atoms with E-state index in [0.29, 0.717) is 18.2 Å². The van der Waals surface area contributed by atoms with Crippen LogP contribution in [0.25, 0.3) is 0 Å². The Morgan fingerprint density at radius 3 is 2.74 bits per heavy atom. The molecular formula is C15H26N2O2. The minimum absolute atomic E-state index is 0.0919. The summed E-state index contributed by atoms with van der Waals surface area (Å²) >= 11 is 0. The van der Waals surface area contributed by atoms with Gasteiger partial charge in [-0.05, 0) is 51.5 Å². The summed E-state index contributed by atoms with van der Waals surface area (Å²) in [6.45, 7) is 5.85. The molecule has 3 rings (SSSR count). The number of carbonyl (C=O) groups is 1. The lowest BCUT2D eigenvalue weighted by Crippen LogP contribution is -2.44. The average molecular weight is 266 g/mol. The zero-order chi connectivity index (χ0) is 13.3. The minimum atomic E-state index is -0.0919. The summed E-state index contributed by atoms with van der Waals surface area (Å²) < 4.78 is 5.55. The first-order chi connectivity index (χ1) is 9.25. The van der Waals surface area contributed by atoms with Crippen LogP contribution in [0, 0.1) is 0 Å². The van der Waals surface area contributed by atoms with E-state index in [-0.39, 0.29) is 6.09 Å². The second kappa shape index (κ2) is 5.31. The molecule has 108 valence electrons. The van der Waals surface area contributed by atoms with Crippen molar-refractivity contribution in [2.75, 3.05) is 26.2 Å². The molecule has 3 aliphatic rings. The molecule has 3 fully saturated rings. The molecule has 2 atom stereocenters. The largest absolute Gasteiger partial charge is 0.448 e. The highest BCUT2D eigenvalue weighted by atomic mass is 16.6. The van der Waals surface area contributed by atoms with Gasteiger partial charge in [-0.2, -0.15) is 0 Å². The number of likely N-dealkylation sites (tertiary alicyclic amines) is 1. The number of amides is 1. The molecule has 0 spiro atoms. The van der Waals surface area contributed by atoms with Gasteiger partial charge < -0.3 is 9.64 Å². The molecule has 0 aromatic heterocycles. The van der Waals surface area contributed by atoms with E-state index in [1.807, 2.05) is 4.90 Å². The normalized spacial score (nSPS) is 34.8. The van der Waals surface area contributed by atoms with Gasteiger partial charge in [-0.1, -0.05) is 6.92 Å². The monoisotopic (exact) mass is 266 g/mol. The van der Waals surface area contributed by atoms with Gasteiger partial charge in [0.1, 0.15) is 6.61 Å². The fraction of sp³-hybridized carbons (Fsp3) is 0.933. The predicted octanol–water partition coefficient (Wildman–Crippen LogP) is 2.63. The van der Waals surface area contributed by atoms with E-state index in [1.54, 1.807) is 0 Å². The van der Waals surface area contributed by atoms with Crippen LogP contribution in [0.1, 0.15) is 51.9 Å². The van der Waals surface area contributed by atoms with E-state index in [1.165, 1.54) is 38.6 Å². The van der Waals surface area contributed by atoms with Gasteiger partial charge in [0, 0.05) is 24.7 Å². The third-order valence-electron chi connectivity index (χ3n) is 5.46. The van der Waals surface area contributed by atoms with Crippen LogP contribution >= 0.6 is 0 Å². The van der Waals surface area contributed by atoms with Crippen molar-refractivity contribution in [1.82, 2.24) is 9.80 Å². The van der Waals surface area contributed by atoms with Crippen molar-refractivity contribution in [3.05, 3.63) is 0 Å². The van der Waals surface area contributed by atoms with Crippen molar-refractivity contribution >= 4 is 6.09 Å². The van der Waals surface area contributed by atoms with Crippen LogP contribution in [0.4, 0.5) is 4.79 Å². The summed E-state index contributed by atoms with van der Waals surface area (Å²) in [5.41, 5.74) is 0.435. The number of rotatable bonds is 3. The molecule has 0 aliphatic carbocycles. The maximum Gasteiger partial charge on any atom is 0.409 e. The fourth-order valence-electron chi connectivity index (χ4n) is 4.28. The lowest BCUT2D eigenvalue weighted by Gasteiger charge is -2.34. The summed E-state index contributed by atoms with van der Waals surface area (Å²) in [6.07, 6.45) is 8.53. The molecule has 0 saturated carbocycles.